The maximum atomic E-state index is 12.7. The van der Waals surface area contributed by atoms with Crippen molar-refractivity contribution in [1.82, 2.24) is 29.8 Å². The van der Waals surface area contributed by atoms with Crippen molar-refractivity contribution in [3.63, 3.8) is 0 Å². The molecule has 0 spiro atoms. The monoisotopic (exact) mass is 618 g/mol. The van der Waals surface area contributed by atoms with Gasteiger partial charge in [-0.3, -0.25) is 14.4 Å². The van der Waals surface area contributed by atoms with Gasteiger partial charge in [-0.05, 0) is 43.4 Å². The molecule has 0 atom stereocenters. The molecular weight excluding hydrogens is 577 g/mol. The Kier molecular flexibility index (Phi) is 11.1. The second-order valence-electron chi connectivity index (χ2n) is 11.6. The molecule has 0 unspecified atom stereocenters. The lowest BCUT2D eigenvalue weighted by Gasteiger charge is -2.35. The maximum Gasteiger partial charge on any atom is 0.422 e. The fourth-order valence-electron chi connectivity index (χ4n) is 5.34. The first-order valence-corrected chi connectivity index (χ1v) is 16.3. The van der Waals surface area contributed by atoms with Gasteiger partial charge in [0.25, 0.3) is 0 Å². The van der Waals surface area contributed by atoms with Crippen LogP contribution in [-0.4, -0.2) is 74.6 Å². The van der Waals surface area contributed by atoms with Crippen LogP contribution in [0.1, 0.15) is 81.4 Å². The van der Waals surface area contributed by atoms with Crippen molar-refractivity contribution in [3.8, 4) is 16.5 Å². The molecule has 12 heteroatoms. The molecule has 8 nitrogen and oxygen atoms in total. The molecule has 2 aromatic heterocycles. The fourth-order valence-corrected chi connectivity index (χ4v) is 6.19. The first-order valence-electron chi connectivity index (χ1n) is 15.5. The molecule has 0 bridgehead atoms. The highest BCUT2D eigenvalue weighted by atomic mass is 32.1. The number of aryl methyl sites for hydroxylation is 1. The maximum absolute atomic E-state index is 12.7. The number of carbonyl (C=O) groups is 1. The lowest BCUT2D eigenvalue weighted by molar-refractivity contribution is -0.153. The average Bonchev–Trinajstić information content (AvgIpc) is 3.53. The largest absolute Gasteiger partial charge is 0.484 e. The van der Waals surface area contributed by atoms with Crippen molar-refractivity contribution in [2.75, 3.05) is 32.8 Å². The number of halogens is 3. The van der Waals surface area contributed by atoms with Gasteiger partial charge >= 0.3 is 6.18 Å². The Morgan fingerprint density at radius 2 is 1.65 bits per heavy atom. The number of unbranched alkanes of at least 4 members (excludes halogenated alkanes) is 6. The second kappa shape index (κ2) is 15.1. The van der Waals surface area contributed by atoms with Crippen LogP contribution in [0.2, 0.25) is 0 Å². The number of thiazole rings is 1. The third-order valence-corrected chi connectivity index (χ3v) is 8.89. The van der Waals surface area contributed by atoms with Gasteiger partial charge in [-0.2, -0.15) is 13.2 Å². The minimum Gasteiger partial charge on any atom is -0.484 e. The van der Waals surface area contributed by atoms with Crippen molar-refractivity contribution >= 4 is 17.2 Å². The van der Waals surface area contributed by atoms with E-state index >= 15 is 0 Å². The molecule has 234 valence electrons. The van der Waals surface area contributed by atoms with Crippen LogP contribution < -0.4 is 4.74 Å². The van der Waals surface area contributed by atoms with Crippen LogP contribution >= 0.6 is 11.3 Å². The number of aromatic nitrogens is 4. The van der Waals surface area contributed by atoms with Crippen molar-refractivity contribution in [2.45, 2.75) is 89.4 Å². The number of rotatable bonds is 16. The number of ether oxygens (including phenoxy) is 1. The molecule has 1 aliphatic heterocycles. The summed E-state index contributed by atoms with van der Waals surface area (Å²) in [4.78, 5) is 21.6. The Balaban J connectivity index is 0.866. The molecule has 43 heavy (non-hydrogen) atoms. The zero-order valence-corrected chi connectivity index (χ0v) is 25.4. The lowest BCUT2D eigenvalue weighted by atomic mass is 10.1. The highest BCUT2D eigenvalue weighted by molar-refractivity contribution is 7.13. The summed E-state index contributed by atoms with van der Waals surface area (Å²) in [5.41, 5.74) is 3.10. The smallest absolute Gasteiger partial charge is 0.422 e. The zero-order chi connectivity index (χ0) is 30.1. The number of amides is 1. The molecule has 1 aromatic carbocycles. The standard InChI is InChI=1S/C31H41F3N6O2S/c32-31(33,34)23-42-26-13-9-24(10-14-26)20-38-16-18-39(19-17-38)29(41)8-6-4-2-1-3-5-7-15-40-21-27(36-37-40)30-35-28(22-43-30)25-11-12-25/h9-10,13-14,21-22,25H,1-8,11-12,15-20,23H2. The molecule has 0 radical (unpaired) electrons. The predicted molar refractivity (Wildman–Crippen MR) is 160 cm³/mol. The predicted octanol–water partition coefficient (Wildman–Crippen LogP) is 6.69. The Labute approximate surface area is 255 Å². The minimum atomic E-state index is -4.34. The first kappa shape index (κ1) is 31.4. The van der Waals surface area contributed by atoms with Crippen LogP contribution in [0.5, 0.6) is 5.75 Å². The molecule has 3 heterocycles. The summed E-state index contributed by atoms with van der Waals surface area (Å²) in [5.74, 6) is 1.11. The normalized spacial score (nSPS) is 16.1. The number of alkyl halides is 3. The fraction of sp³-hybridized carbons (Fsp3) is 0.613. The SMILES string of the molecule is O=C(CCCCCCCCCn1cc(-c2nc(C3CC3)cs2)nn1)N1CCN(Cc2ccc(OCC(F)(F)F)cc2)CC1. The summed E-state index contributed by atoms with van der Waals surface area (Å²) in [5, 5.41) is 11.7. The molecule has 5 rings (SSSR count). The molecule has 1 amide bonds. The van der Waals surface area contributed by atoms with Crippen molar-refractivity contribution in [3.05, 3.63) is 47.1 Å². The lowest BCUT2D eigenvalue weighted by Crippen LogP contribution is -2.48. The van der Waals surface area contributed by atoms with E-state index in [1.54, 1.807) is 35.6 Å². The highest BCUT2D eigenvalue weighted by Crippen LogP contribution is 2.41. The number of benzene rings is 1. The molecule has 1 aliphatic carbocycles. The van der Waals surface area contributed by atoms with Gasteiger partial charge in [-0.25, -0.2) is 4.98 Å². The molecule has 2 aliphatic rings. The van der Waals surface area contributed by atoms with E-state index in [0.717, 1.165) is 68.0 Å². The van der Waals surface area contributed by atoms with Gasteiger partial charge in [0, 0.05) is 57.0 Å². The molecule has 1 saturated carbocycles. The van der Waals surface area contributed by atoms with E-state index in [1.807, 2.05) is 15.8 Å². The Bertz CT molecular complexity index is 1280. The third kappa shape index (κ3) is 10.3. The van der Waals surface area contributed by atoms with Gasteiger partial charge < -0.3 is 9.64 Å². The summed E-state index contributed by atoms with van der Waals surface area (Å²) >= 11 is 1.66. The van der Waals surface area contributed by atoms with Gasteiger partial charge in [-0.1, -0.05) is 49.5 Å². The van der Waals surface area contributed by atoms with E-state index in [0.29, 0.717) is 32.0 Å². The van der Waals surface area contributed by atoms with Gasteiger partial charge in [0.05, 0.1) is 11.9 Å². The van der Waals surface area contributed by atoms with Gasteiger partial charge in [-0.15, -0.1) is 16.4 Å². The Hall–Kier alpha value is -2.99. The molecule has 2 fully saturated rings. The number of nitrogens with zero attached hydrogens (tertiary/aromatic N) is 6. The van der Waals surface area contributed by atoms with Crippen LogP contribution in [0.4, 0.5) is 13.2 Å². The summed E-state index contributed by atoms with van der Waals surface area (Å²) in [6.07, 6.45) is 8.58. The first-order chi connectivity index (χ1) is 20.8. The number of carbonyl (C=O) groups excluding carboxylic acids is 1. The van der Waals surface area contributed by atoms with Crippen molar-refractivity contribution < 1.29 is 22.7 Å². The number of hydrogen-bond acceptors (Lipinski definition) is 7. The van der Waals surface area contributed by atoms with E-state index < -0.39 is 12.8 Å². The molecule has 3 aromatic rings. The van der Waals surface area contributed by atoms with Crippen LogP contribution in [0, 0.1) is 0 Å². The molecular formula is C31H41F3N6O2S. The number of piperazine rings is 1. The zero-order valence-electron chi connectivity index (χ0n) is 24.6. The van der Waals surface area contributed by atoms with Gasteiger partial charge in [0.2, 0.25) is 5.91 Å². The van der Waals surface area contributed by atoms with E-state index in [1.165, 1.54) is 31.4 Å². The average molecular weight is 619 g/mol. The molecule has 0 N–H and O–H groups in total. The summed E-state index contributed by atoms with van der Waals surface area (Å²) in [6, 6.07) is 6.73. The van der Waals surface area contributed by atoms with Gasteiger partial charge in [0.15, 0.2) is 6.61 Å². The third-order valence-electron chi connectivity index (χ3n) is 8.01. The quantitative estimate of drug-likeness (QED) is 0.167. The van der Waals surface area contributed by atoms with Crippen LogP contribution in [-0.2, 0) is 17.9 Å². The van der Waals surface area contributed by atoms with Crippen molar-refractivity contribution in [2.24, 2.45) is 0 Å². The summed E-state index contributed by atoms with van der Waals surface area (Å²) < 4.78 is 43.6. The second-order valence-corrected chi connectivity index (χ2v) is 12.5. The van der Waals surface area contributed by atoms with Gasteiger partial charge in [0.1, 0.15) is 16.5 Å². The van der Waals surface area contributed by atoms with Crippen LogP contribution in [0.15, 0.2) is 35.8 Å². The molecule has 1 saturated heterocycles. The summed E-state index contributed by atoms with van der Waals surface area (Å²) in [6.45, 7) is 3.30. The Morgan fingerprint density at radius 3 is 2.35 bits per heavy atom. The van der Waals surface area contributed by atoms with E-state index in [2.05, 4.69) is 20.6 Å². The van der Waals surface area contributed by atoms with Crippen LogP contribution in [0.3, 0.4) is 0 Å². The number of hydrogen-bond donors (Lipinski definition) is 0. The minimum absolute atomic E-state index is 0.211. The summed E-state index contributed by atoms with van der Waals surface area (Å²) in [7, 11) is 0. The van der Waals surface area contributed by atoms with E-state index in [4.69, 9.17) is 9.72 Å². The van der Waals surface area contributed by atoms with Crippen molar-refractivity contribution in [1.29, 1.82) is 0 Å². The topological polar surface area (TPSA) is 76.4 Å². The highest BCUT2D eigenvalue weighted by Gasteiger charge is 2.28. The van der Waals surface area contributed by atoms with E-state index in [-0.39, 0.29) is 11.7 Å². The van der Waals surface area contributed by atoms with Crippen LogP contribution in [0.25, 0.3) is 10.7 Å². The Morgan fingerprint density at radius 1 is 0.953 bits per heavy atom. The van der Waals surface area contributed by atoms with E-state index in [9.17, 15) is 18.0 Å².